The lowest BCUT2D eigenvalue weighted by molar-refractivity contribution is 0.148. The molecule has 1 aromatic carbocycles. The van der Waals surface area contributed by atoms with Crippen LogP contribution in [0.2, 0.25) is 0 Å². The van der Waals surface area contributed by atoms with E-state index in [2.05, 4.69) is 67.1 Å². The smallest absolute Gasteiger partial charge is 0.219 e. The number of hydrogen-bond acceptors (Lipinski definition) is 6. The van der Waals surface area contributed by atoms with E-state index in [1.54, 1.807) is 12.4 Å². The molecule has 0 spiro atoms. The van der Waals surface area contributed by atoms with Crippen molar-refractivity contribution < 1.29 is 0 Å². The van der Waals surface area contributed by atoms with Crippen LogP contribution in [0.25, 0.3) is 33.3 Å². The Morgan fingerprint density at radius 3 is 2.33 bits per heavy atom. The zero-order chi connectivity index (χ0) is 20.5. The summed E-state index contributed by atoms with van der Waals surface area (Å²) in [7, 11) is 2.19. The summed E-state index contributed by atoms with van der Waals surface area (Å²) in [5.41, 5.74) is 12.0. The van der Waals surface area contributed by atoms with Crippen LogP contribution in [-0.2, 0) is 6.54 Å². The van der Waals surface area contributed by atoms with E-state index < -0.39 is 0 Å². The summed E-state index contributed by atoms with van der Waals surface area (Å²) in [6.07, 6.45) is 7.34. The molecular formula is C23H25N7. The highest BCUT2D eigenvalue weighted by Gasteiger charge is 2.14. The molecule has 3 aromatic heterocycles. The standard InChI is InChI=1S/C23H25N7/c1-29-6-8-30(9-7-29)15-16-2-4-17(5-3-16)18-10-20-21(14-26-22(20)25-11-18)19-12-27-23(24)28-13-19/h2-5,10-14H,6-9,15H2,1H3,(H,25,26)(H2,24,27,28). The summed E-state index contributed by atoms with van der Waals surface area (Å²) in [5.74, 6) is 0.272. The van der Waals surface area contributed by atoms with E-state index in [1.165, 1.54) is 5.56 Å². The van der Waals surface area contributed by atoms with Gasteiger partial charge in [-0.1, -0.05) is 24.3 Å². The second-order valence-electron chi connectivity index (χ2n) is 7.93. The molecule has 0 bridgehead atoms. The van der Waals surface area contributed by atoms with Crippen LogP contribution >= 0.6 is 0 Å². The third kappa shape index (κ3) is 3.77. The Kier molecular flexibility index (Phi) is 4.90. The molecule has 4 heterocycles. The molecule has 7 heteroatoms. The first-order chi connectivity index (χ1) is 14.7. The number of fused-ring (bicyclic) bond motifs is 1. The lowest BCUT2D eigenvalue weighted by Gasteiger charge is -2.32. The molecule has 7 nitrogen and oxygen atoms in total. The molecule has 0 amide bonds. The number of nitrogens with zero attached hydrogens (tertiary/aromatic N) is 5. The average Bonchev–Trinajstić information content (AvgIpc) is 3.20. The Hall–Kier alpha value is -3.29. The molecule has 30 heavy (non-hydrogen) atoms. The minimum Gasteiger partial charge on any atom is -0.368 e. The Morgan fingerprint density at radius 1 is 0.900 bits per heavy atom. The highest BCUT2D eigenvalue weighted by atomic mass is 15.2. The van der Waals surface area contributed by atoms with E-state index in [0.29, 0.717) is 0 Å². The van der Waals surface area contributed by atoms with E-state index in [4.69, 9.17) is 5.73 Å². The minimum absolute atomic E-state index is 0.272. The number of pyridine rings is 1. The maximum absolute atomic E-state index is 5.62. The molecule has 0 unspecified atom stereocenters. The zero-order valence-corrected chi connectivity index (χ0v) is 17.0. The van der Waals surface area contributed by atoms with Gasteiger partial charge in [-0.2, -0.15) is 0 Å². The van der Waals surface area contributed by atoms with Crippen molar-refractivity contribution in [1.82, 2.24) is 29.7 Å². The number of piperazine rings is 1. The van der Waals surface area contributed by atoms with Gasteiger partial charge in [0.1, 0.15) is 5.65 Å². The highest BCUT2D eigenvalue weighted by molar-refractivity contribution is 5.95. The molecule has 3 N–H and O–H groups in total. The molecule has 1 fully saturated rings. The summed E-state index contributed by atoms with van der Waals surface area (Å²) >= 11 is 0. The Balaban J connectivity index is 1.39. The first-order valence-electron chi connectivity index (χ1n) is 10.2. The van der Waals surface area contributed by atoms with Crippen molar-refractivity contribution >= 4 is 17.0 Å². The molecular weight excluding hydrogens is 374 g/mol. The van der Waals surface area contributed by atoms with Crippen LogP contribution < -0.4 is 5.73 Å². The van der Waals surface area contributed by atoms with Gasteiger partial charge in [-0.25, -0.2) is 15.0 Å². The topological polar surface area (TPSA) is 87.0 Å². The largest absolute Gasteiger partial charge is 0.368 e. The van der Waals surface area contributed by atoms with Crippen molar-refractivity contribution in [1.29, 1.82) is 0 Å². The van der Waals surface area contributed by atoms with Crippen molar-refractivity contribution in [2.75, 3.05) is 39.0 Å². The number of rotatable bonds is 4. The predicted octanol–water partition coefficient (Wildman–Crippen LogP) is 3.02. The van der Waals surface area contributed by atoms with Crippen molar-refractivity contribution in [2.24, 2.45) is 0 Å². The number of H-pyrrole nitrogens is 1. The van der Waals surface area contributed by atoms with Crippen LogP contribution in [0.1, 0.15) is 5.56 Å². The molecule has 1 aliphatic heterocycles. The van der Waals surface area contributed by atoms with Crippen molar-refractivity contribution in [3.05, 3.63) is 60.7 Å². The summed E-state index contributed by atoms with van der Waals surface area (Å²) in [6, 6.07) is 11.0. The zero-order valence-electron chi connectivity index (χ0n) is 17.0. The molecule has 152 valence electrons. The van der Waals surface area contributed by atoms with Gasteiger partial charge < -0.3 is 15.6 Å². The number of nitrogens with two attached hydrogens (primary N) is 1. The van der Waals surface area contributed by atoms with Crippen molar-refractivity contribution in [2.45, 2.75) is 6.54 Å². The van der Waals surface area contributed by atoms with Gasteiger partial charge in [0, 0.05) is 79.6 Å². The van der Waals surface area contributed by atoms with Crippen molar-refractivity contribution in [3.8, 4) is 22.3 Å². The number of aromatic nitrogens is 4. The van der Waals surface area contributed by atoms with Gasteiger partial charge in [-0.15, -0.1) is 0 Å². The molecule has 0 saturated carbocycles. The normalized spacial score (nSPS) is 15.6. The third-order valence-corrected chi connectivity index (χ3v) is 5.80. The van der Waals surface area contributed by atoms with Gasteiger partial charge >= 0.3 is 0 Å². The number of benzene rings is 1. The molecule has 1 saturated heterocycles. The lowest BCUT2D eigenvalue weighted by atomic mass is 10.0. The quantitative estimate of drug-likeness (QED) is 0.549. The molecule has 1 aliphatic rings. The summed E-state index contributed by atoms with van der Waals surface area (Å²) in [4.78, 5) is 21.0. The SMILES string of the molecule is CN1CCN(Cc2ccc(-c3cnc4[nH]cc(-c5cnc(N)nc5)c4c3)cc2)CC1. The van der Waals surface area contributed by atoms with Crippen LogP contribution in [0.15, 0.2) is 55.1 Å². The van der Waals surface area contributed by atoms with Gasteiger partial charge in [0.25, 0.3) is 0 Å². The van der Waals surface area contributed by atoms with E-state index >= 15 is 0 Å². The first kappa shape index (κ1) is 18.7. The number of anilines is 1. The highest BCUT2D eigenvalue weighted by Crippen LogP contribution is 2.30. The summed E-state index contributed by atoms with van der Waals surface area (Å²) < 4.78 is 0. The Bertz CT molecular complexity index is 1140. The molecule has 0 aliphatic carbocycles. The number of nitrogen functional groups attached to an aromatic ring is 1. The number of nitrogens with one attached hydrogen (secondary N) is 1. The number of aromatic amines is 1. The van der Waals surface area contributed by atoms with Gasteiger partial charge in [0.05, 0.1) is 0 Å². The van der Waals surface area contributed by atoms with Gasteiger partial charge in [-0.3, -0.25) is 4.90 Å². The number of likely N-dealkylation sites (N-methyl/N-ethyl adjacent to an activating group) is 1. The van der Waals surface area contributed by atoms with E-state index in [0.717, 1.165) is 66.0 Å². The van der Waals surface area contributed by atoms with Crippen LogP contribution in [0, 0.1) is 0 Å². The van der Waals surface area contributed by atoms with Gasteiger partial charge in [0.2, 0.25) is 5.95 Å². The Labute approximate surface area is 175 Å². The fraction of sp³-hybridized carbons (Fsp3) is 0.261. The summed E-state index contributed by atoms with van der Waals surface area (Å²) in [5, 5.41) is 1.04. The van der Waals surface area contributed by atoms with Crippen molar-refractivity contribution in [3.63, 3.8) is 0 Å². The fourth-order valence-electron chi connectivity index (χ4n) is 3.94. The second kappa shape index (κ2) is 7.85. The maximum Gasteiger partial charge on any atom is 0.219 e. The molecule has 0 atom stereocenters. The monoisotopic (exact) mass is 399 g/mol. The maximum atomic E-state index is 5.62. The van der Waals surface area contributed by atoms with E-state index in [9.17, 15) is 0 Å². The Morgan fingerprint density at radius 2 is 1.60 bits per heavy atom. The average molecular weight is 400 g/mol. The number of hydrogen-bond donors (Lipinski definition) is 2. The third-order valence-electron chi connectivity index (χ3n) is 5.80. The lowest BCUT2D eigenvalue weighted by Crippen LogP contribution is -2.43. The van der Waals surface area contributed by atoms with E-state index in [1.807, 2.05) is 12.4 Å². The fourth-order valence-corrected chi connectivity index (χ4v) is 3.94. The van der Waals surface area contributed by atoms with Gasteiger partial charge in [-0.05, 0) is 24.2 Å². The molecule has 4 aromatic rings. The minimum atomic E-state index is 0.272. The molecule has 5 rings (SSSR count). The summed E-state index contributed by atoms with van der Waals surface area (Å²) in [6.45, 7) is 5.54. The van der Waals surface area contributed by atoms with Gasteiger partial charge in [0.15, 0.2) is 0 Å². The van der Waals surface area contributed by atoms with Crippen LogP contribution in [0.5, 0.6) is 0 Å². The predicted molar refractivity (Wildman–Crippen MR) is 120 cm³/mol. The van der Waals surface area contributed by atoms with Crippen LogP contribution in [0.4, 0.5) is 5.95 Å². The van der Waals surface area contributed by atoms with Crippen LogP contribution in [-0.4, -0.2) is 63.0 Å². The van der Waals surface area contributed by atoms with Crippen LogP contribution in [0.3, 0.4) is 0 Å². The second-order valence-corrected chi connectivity index (χ2v) is 7.93. The molecule has 0 radical (unpaired) electrons. The van der Waals surface area contributed by atoms with E-state index in [-0.39, 0.29) is 5.95 Å². The first-order valence-corrected chi connectivity index (χ1v) is 10.2.